The van der Waals surface area contributed by atoms with Crippen LogP contribution in [0, 0.1) is 24.2 Å². The molecule has 0 fully saturated rings. The van der Waals surface area contributed by atoms with Gasteiger partial charge in [0.15, 0.2) is 0 Å². The number of hydrogen-bond donors (Lipinski definition) is 1. The lowest BCUT2D eigenvalue weighted by Gasteiger charge is -2.25. The molecule has 1 aromatic carbocycles. The Bertz CT molecular complexity index is 505. The van der Waals surface area contributed by atoms with E-state index in [1.807, 2.05) is 19.1 Å². The minimum absolute atomic E-state index is 0.0122. The Kier molecular flexibility index (Phi) is 3.35. The van der Waals surface area contributed by atoms with Gasteiger partial charge in [-0.25, -0.2) is 0 Å². The number of carbonyl (C=O) groups is 1. The molecule has 0 spiro atoms. The predicted octanol–water partition coefficient (Wildman–Crippen LogP) is 3.06. The molecule has 0 radical (unpaired) electrons. The molecule has 1 atom stereocenters. The zero-order chi connectivity index (χ0) is 12.4. The van der Waals surface area contributed by atoms with E-state index in [4.69, 9.17) is 16.9 Å². The Balaban J connectivity index is 2.28. The molecule has 1 unspecified atom stereocenters. The van der Waals surface area contributed by atoms with E-state index in [0.717, 1.165) is 16.8 Å². The van der Waals surface area contributed by atoms with Gasteiger partial charge in [-0.05, 0) is 43.0 Å². The van der Waals surface area contributed by atoms with Crippen LogP contribution in [0.3, 0.4) is 0 Å². The Morgan fingerprint density at radius 1 is 1.59 bits per heavy atom. The summed E-state index contributed by atoms with van der Waals surface area (Å²) in [6.07, 6.45) is 1.69. The first-order valence-electron chi connectivity index (χ1n) is 5.58. The third-order valence-electron chi connectivity index (χ3n) is 3.07. The molecule has 1 aliphatic heterocycles. The summed E-state index contributed by atoms with van der Waals surface area (Å²) in [7, 11) is 0. The van der Waals surface area contributed by atoms with Gasteiger partial charge in [0.05, 0.1) is 6.07 Å². The Morgan fingerprint density at radius 3 is 3.06 bits per heavy atom. The molecule has 0 bridgehead atoms. The number of hydrogen-bond acceptors (Lipinski definition) is 2. The Labute approximate surface area is 105 Å². The van der Waals surface area contributed by atoms with Crippen LogP contribution in [0.2, 0.25) is 5.02 Å². The van der Waals surface area contributed by atoms with Crippen molar-refractivity contribution in [1.82, 2.24) is 0 Å². The number of nitriles is 1. The van der Waals surface area contributed by atoms with Crippen molar-refractivity contribution in [3.8, 4) is 6.07 Å². The summed E-state index contributed by atoms with van der Waals surface area (Å²) in [5.41, 5.74) is 2.93. The molecule has 1 N–H and O–H groups in total. The van der Waals surface area contributed by atoms with E-state index in [-0.39, 0.29) is 11.8 Å². The molecule has 88 valence electrons. The fourth-order valence-electron chi connectivity index (χ4n) is 2.21. The second kappa shape index (κ2) is 4.77. The van der Waals surface area contributed by atoms with E-state index in [1.165, 1.54) is 0 Å². The molecule has 3 nitrogen and oxygen atoms in total. The standard InChI is InChI=1S/C13H13ClN2O/c1-8-5-11(14)7-10-6-9(3-2-4-15)13(17)16-12(8)10/h5,7,9H,2-3,6H2,1H3,(H,16,17). The Morgan fingerprint density at radius 2 is 2.35 bits per heavy atom. The summed E-state index contributed by atoms with van der Waals surface area (Å²) in [5.74, 6) is -0.0989. The van der Waals surface area contributed by atoms with Crippen LogP contribution in [0.1, 0.15) is 24.0 Å². The first-order chi connectivity index (χ1) is 8.11. The van der Waals surface area contributed by atoms with Crippen molar-refractivity contribution in [3.05, 3.63) is 28.3 Å². The summed E-state index contributed by atoms with van der Waals surface area (Å²) >= 11 is 6.01. The monoisotopic (exact) mass is 248 g/mol. The van der Waals surface area contributed by atoms with Gasteiger partial charge in [0, 0.05) is 23.0 Å². The maximum Gasteiger partial charge on any atom is 0.227 e. The number of nitrogens with one attached hydrogen (secondary N) is 1. The zero-order valence-electron chi connectivity index (χ0n) is 9.59. The molecule has 1 aromatic rings. The summed E-state index contributed by atoms with van der Waals surface area (Å²) < 4.78 is 0. The second-order valence-electron chi connectivity index (χ2n) is 4.34. The van der Waals surface area contributed by atoms with E-state index < -0.39 is 0 Å². The van der Waals surface area contributed by atoms with Crippen LogP contribution in [-0.2, 0) is 11.2 Å². The average molecular weight is 249 g/mol. The molecule has 0 saturated heterocycles. The molecular formula is C13H13ClN2O. The maximum atomic E-state index is 11.8. The topological polar surface area (TPSA) is 52.9 Å². The van der Waals surface area contributed by atoms with Gasteiger partial charge >= 0.3 is 0 Å². The molecule has 2 rings (SSSR count). The van der Waals surface area contributed by atoms with E-state index >= 15 is 0 Å². The van der Waals surface area contributed by atoms with E-state index in [2.05, 4.69) is 11.4 Å². The predicted molar refractivity (Wildman–Crippen MR) is 66.9 cm³/mol. The number of fused-ring (bicyclic) bond motifs is 1. The smallest absolute Gasteiger partial charge is 0.227 e. The molecule has 0 aliphatic carbocycles. The van der Waals surface area contributed by atoms with Crippen molar-refractivity contribution in [3.63, 3.8) is 0 Å². The SMILES string of the molecule is Cc1cc(Cl)cc2c1NC(=O)C(CCC#N)C2. The highest BCUT2D eigenvalue weighted by atomic mass is 35.5. The van der Waals surface area contributed by atoms with E-state index in [0.29, 0.717) is 24.3 Å². The molecule has 1 heterocycles. The van der Waals surface area contributed by atoms with Gasteiger partial charge in [-0.3, -0.25) is 4.79 Å². The zero-order valence-corrected chi connectivity index (χ0v) is 10.3. The molecular weight excluding hydrogens is 236 g/mol. The fourth-order valence-corrected chi connectivity index (χ4v) is 2.50. The minimum Gasteiger partial charge on any atom is -0.325 e. The molecule has 0 saturated carbocycles. The van der Waals surface area contributed by atoms with Crippen molar-refractivity contribution in [2.45, 2.75) is 26.2 Å². The van der Waals surface area contributed by atoms with Crippen molar-refractivity contribution in [1.29, 1.82) is 5.26 Å². The lowest BCUT2D eigenvalue weighted by atomic mass is 9.88. The quantitative estimate of drug-likeness (QED) is 0.875. The molecule has 1 amide bonds. The highest BCUT2D eigenvalue weighted by molar-refractivity contribution is 6.30. The normalized spacial score (nSPS) is 18.2. The van der Waals surface area contributed by atoms with Crippen molar-refractivity contribution in [2.24, 2.45) is 5.92 Å². The number of benzene rings is 1. The van der Waals surface area contributed by atoms with Crippen LogP contribution in [0.5, 0.6) is 0 Å². The highest BCUT2D eigenvalue weighted by Crippen LogP contribution is 2.32. The molecule has 1 aliphatic rings. The number of anilines is 1. The van der Waals surface area contributed by atoms with E-state index in [1.54, 1.807) is 0 Å². The second-order valence-corrected chi connectivity index (χ2v) is 4.78. The van der Waals surface area contributed by atoms with E-state index in [9.17, 15) is 4.79 Å². The summed E-state index contributed by atoms with van der Waals surface area (Å²) in [6, 6.07) is 5.81. The lowest BCUT2D eigenvalue weighted by molar-refractivity contribution is -0.120. The van der Waals surface area contributed by atoms with Gasteiger partial charge in [-0.15, -0.1) is 0 Å². The van der Waals surface area contributed by atoms with Crippen LogP contribution in [0.15, 0.2) is 12.1 Å². The number of rotatable bonds is 2. The third kappa shape index (κ3) is 2.42. The average Bonchev–Trinajstić information content (AvgIpc) is 2.27. The number of carbonyl (C=O) groups excluding carboxylic acids is 1. The summed E-state index contributed by atoms with van der Waals surface area (Å²) in [4.78, 5) is 11.8. The van der Waals surface area contributed by atoms with Crippen molar-refractivity contribution >= 4 is 23.2 Å². The molecule has 17 heavy (non-hydrogen) atoms. The Hall–Kier alpha value is -1.53. The van der Waals surface area contributed by atoms with Gasteiger partial charge in [-0.1, -0.05) is 11.6 Å². The maximum absolute atomic E-state index is 11.8. The summed E-state index contributed by atoms with van der Waals surface area (Å²) in [5, 5.41) is 12.2. The van der Waals surface area contributed by atoms with Gasteiger partial charge in [0.25, 0.3) is 0 Å². The van der Waals surface area contributed by atoms with Gasteiger partial charge in [0.1, 0.15) is 0 Å². The first-order valence-corrected chi connectivity index (χ1v) is 5.96. The van der Waals surface area contributed by atoms with Crippen molar-refractivity contribution < 1.29 is 4.79 Å². The lowest BCUT2D eigenvalue weighted by Crippen LogP contribution is -2.30. The van der Waals surface area contributed by atoms with Crippen LogP contribution in [0.4, 0.5) is 5.69 Å². The highest BCUT2D eigenvalue weighted by Gasteiger charge is 2.26. The fraction of sp³-hybridized carbons (Fsp3) is 0.385. The van der Waals surface area contributed by atoms with Crippen LogP contribution in [0.25, 0.3) is 0 Å². The summed E-state index contributed by atoms with van der Waals surface area (Å²) in [6.45, 7) is 1.93. The van der Waals surface area contributed by atoms with Crippen LogP contribution < -0.4 is 5.32 Å². The number of aryl methyl sites for hydroxylation is 1. The largest absolute Gasteiger partial charge is 0.325 e. The van der Waals surface area contributed by atoms with Crippen LogP contribution in [-0.4, -0.2) is 5.91 Å². The number of halogens is 1. The van der Waals surface area contributed by atoms with Crippen LogP contribution >= 0.6 is 11.6 Å². The number of nitrogens with zero attached hydrogens (tertiary/aromatic N) is 1. The number of amides is 1. The minimum atomic E-state index is -0.111. The van der Waals surface area contributed by atoms with Gasteiger partial charge in [0.2, 0.25) is 5.91 Å². The van der Waals surface area contributed by atoms with Gasteiger partial charge in [-0.2, -0.15) is 5.26 Å². The van der Waals surface area contributed by atoms with Crippen molar-refractivity contribution in [2.75, 3.05) is 5.32 Å². The molecule has 0 aromatic heterocycles. The van der Waals surface area contributed by atoms with Gasteiger partial charge < -0.3 is 5.32 Å². The third-order valence-corrected chi connectivity index (χ3v) is 3.29. The molecule has 4 heteroatoms. The first kappa shape index (κ1) is 11.9.